The summed E-state index contributed by atoms with van der Waals surface area (Å²) in [4.78, 5) is 7.92. The highest BCUT2D eigenvalue weighted by molar-refractivity contribution is 7.15. The molecule has 1 aromatic heterocycles. The van der Waals surface area contributed by atoms with Gasteiger partial charge in [-0.15, -0.1) is 0 Å². The third-order valence-corrected chi connectivity index (χ3v) is 4.70. The van der Waals surface area contributed by atoms with Gasteiger partial charge >= 0.3 is 0 Å². The number of thiazole rings is 1. The van der Waals surface area contributed by atoms with Crippen LogP contribution in [0.1, 0.15) is 37.3 Å². The largest absolute Gasteiger partial charge is 0.391 e. The van der Waals surface area contributed by atoms with E-state index in [1.54, 1.807) is 18.4 Å². The van der Waals surface area contributed by atoms with Gasteiger partial charge in [0.2, 0.25) is 0 Å². The van der Waals surface area contributed by atoms with Gasteiger partial charge in [0.25, 0.3) is 0 Å². The van der Waals surface area contributed by atoms with Gasteiger partial charge in [0.15, 0.2) is 5.13 Å². The highest BCUT2D eigenvalue weighted by Gasteiger charge is 2.26. The molecule has 2 rings (SSSR count). The number of aliphatic hydroxyl groups is 1. The second-order valence-electron chi connectivity index (χ2n) is 5.13. The summed E-state index contributed by atoms with van der Waals surface area (Å²) < 4.78 is 5.13. The Labute approximate surface area is 113 Å². The van der Waals surface area contributed by atoms with Gasteiger partial charge in [-0.25, -0.2) is 4.98 Å². The Kier molecular flexibility index (Phi) is 4.59. The van der Waals surface area contributed by atoms with E-state index in [4.69, 9.17) is 4.74 Å². The minimum Gasteiger partial charge on any atom is -0.391 e. The van der Waals surface area contributed by atoms with Crippen LogP contribution in [-0.2, 0) is 18.0 Å². The molecule has 18 heavy (non-hydrogen) atoms. The van der Waals surface area contributed by atoms with Crippen LogP contribution in [0.3, 0.4) is 0 Å². The van der Waals surface area contributed by atoms with Crippen molar-refractivity contribution in [1.29, 1.82) is 0 Å². The lowest BCUT2D eigenvalue weighted by molar-refractivity contribution is 0.179. The molecule has 0 spiro atoms. The van der Waals surface area contributed by atoms with Gasteiger partial charge in [-0.3, -0.25) is 0 Å². The Morgan fingerprint density at radius 3 is 2.89 bits per heavy atom. The number of anilines is 1. The van der Waals surface area contributed by atoms with E-state index >= 15 is 0 Å². The molecular weight excluding hydrogens is 248 g/mol. The standard InChI is InChI=1S/C13H22N2O2S/c1-9-4-5-15(10(2)6-9)13-14-11(8-17-3)12(7-16)18-13/h9-10,16H,4-8H2,1-3H3. The summed E-state index contributed by atoms with van der Waals surface area (Å²) in [5, 5.41) is 10.4. The molecule has 1 aromatic rings. The molecule has 1 saturated heterocycles. The zero-order valence-corrected chi connectivity index (χ0v) is 12.2. The monoisotopic (exact) mass is 270 g/mol. The summed E-state index contributed by atoms with van der Waals surface area (Å²) in [6, 6.07) is 0.529. The van der Waals surface area contributed by atoms with Crippen LogP contribution in [0.25, 0.3) is 0 Å². The number of ether oxygens (including phenoxy) is 1. The fraction of sp³-hybridized carbons (Fsp3) is 0.769. The summed E-state index contributed by atoms with van der Waals surface area (Å²) in [7, 11) is 1.66. The zero-order chi connectivity index (χ0) is 13.1. The van der Waals surface area contributed by atoms with Crippen molar-refractivity contribution in [3.05, 3.63) is 10.6 Å². The van der Waals surface area contributed by atoms with E-state index in [2.05, 4.69) is 23.7 Å². The first-order chi connectivity index (χ1) is 8.65. The normalized spacial score (nSPS) is 24.6. The minimum atomic E-state index is 0.0506. The molecule has 2 unspecified atom stereocenters. The van der Waals surface area contributed by atoms with Crippen molar-refractivity contribution in [2.24, 2.45) is 5.92 Å². The van der Waals surface area contributed by atoms with Crippen LogP contribution >= 0.6 is 11.3 Å². The number of aromatic nitrogens is 1. The molecule has 2 heterocycles. The van der Waals surface area contributed by atoms with Crippen LogP contribution in [0.2, 0.25) is 0 Å². The van der Waals surface area contributed by atoms with Crippen LogP contribution in [0.5, 0.6) is 0 Å². The van der Waals surface area contributed by atoms with Crippen molar-refractivity contribution in [2.75, 3.05) is 18.6 Å². The Morgan fingerprint density at radius 2 is 2.28 bits per heavy atom. The molecule has 5 heteroatoms. The van der Waals surface area contributed by atoms with Gasteiger partial charge in [0.05, 0.1) is 23.8 Å². The van der Waals surface area contributed by atoms with Crippen molar-refractivity contribution < 1.29 is 9.84 Å². The summed E-state index contributed by atoms with van der Waals surface area (Å²) in [5.41, 5.74) is 0.880. The lowest BCUT2D eigenvalue weighted by Crippen LogP contribution is -2.40. The van der Waals surface area contributed by atoms with Crippen molar-refractivity contribution in [3.63, 3.8) is 0 Å². The van der Waals surface area contributed by atoms with Crippen molar-refractivity contribution >= 4 is 16.5 Å². The van der Waals surface area contributed by atoms with E-state index in [1.165, 1.54) is 12.8 Å². The van der Waals surface area contributed by atoms with Gasteiger partial charge in [-0.1, -0.05) is 18.3 Å². The molecule has 0 saturated carbocycles. The molecule has 1 aliphatic rings. The molecule has 1 fully saturated rings. The maximum absolute atomic E-state index is 9.36. The molecule has 0 amide bonds. The fourth-order valence-electron chi connectivity index (χ4n) is 2.56. The van der Waals surface area contributed by atoms with Gasteiger partial charge in [0.1, 0.15) is 0 Å². The zero-order valence-electron chi connectivity index (χ0n) is 11.3. The highest BCUT2D eigenvalue weighted by atomic mass is 32.1. The molecule has 1 aliphatic heterocycles. The third-order valence-electron chi connectivity index (χ3n) is 3.58. The van der Waals surface area contributed by atoms with Gasteiger partial charge in [-0.2, -0.15) is 0 Å². The predicted molar refractivity (Wildman–Crippen MR) is 74.0 cm³/mol. The molecule has 1 N–H and O–H groups in total. The van der Waals surface area contributed by atoms with Gasteiger partial charge in [0, 0.05) is 19.7 Å². The quantitative estimate of drug-likeness (QED) is 0.912. The maximum Gasteiger partial charge on any atom is 0.186 e. The van der Waals surface area contributed by atoms with Gasteiger partial charge in [-0.05, 0) is 25.7 Å². The van der Waals surface area contributed by atoms with E-state index in [1.807, 2.05) is 0 Å². The maximum atomic E-state index is 9.36. The number of nitrogens with zero attached hydrogens (tertiary/aromatic N) is 2. The van der Waals surface area contributed by atoms with Crippen LogP contribution < -0.4 is 4.90 Å². The van der Waals surface area contributed by atoms with Crippen LogP contribution in [0.15, 0.2) is 0 Å². The van der Waals surface area contributed by atoms with Crippen molar-refractivity contribution in [3.8, 4) is 0 Å². The highest BCUT2D eigenvalue weighted by Crippen LogP contribution is 2.32. The number of hydrogen-bond acceptors (Lipinski definition) is 5. The van der Waals surface area contributed by atoms with Gasteiger partial charge < -0.3 is 14.7 Å². The summed E-state index contributed by atoms with van der Waals surface area (Å²) >= 11 is 1.60. The number of methoxy groups -OCH3 is 1. The van der Waals surface area contributed by atoms with Crippen molar-refractivity contribution in [2.45, 2.75) is 45.9 Å². The molecule has 4 nitrogen and oxygen atoms in total. The second-order valence-corrected chi connectivity index (χ2v) is 6.19. The SMILES string of the molecule is COCc1nc(N2CCC(C)CC2C)sc1CO. The Hall–Kier alpha value is -0.650. The molecule has 0 bridgehead atoms. The number of hydrogen-bond donors (Lipinski definition) is 1. The smallest absolute Gasteiger partial charge is 0.186 e. The van der Waals surface area contributed by atoms with E-state index in [-0.39, 0.29) is 6.61 Å². The van der Waals surface area contributed by atoms with Crippen LogP contribution in [-0.4, -0.2) is 29.8 Å². The van der Waals surface area contributed by atoms with E-state index in [0.29, 0.717) is 12.6 Å². The average molecular weight is 270 g/mol. The first kappa shape index (κ1) is 13.8. The Morgan fingerprint density at radius 1 is 1.50 bits per heavy atom. The molecule has 2 atom stereocenters. The van der Waals surface area contributed by atoms with E-state index in [9.17, 15) is 5.11 Å². The number of aliphatic hydroxyl groups excluding tert-OH is 1. The lowest BCUT2D eigenvalue weighted by Gasteiger charge is -2.36. The predicted octanol–water partition coefficient (Wildman–Crippen LogP) is 2.41. The summed E-state index contributed by atoms with van der Waals surface area (Å²) in [6.07, 6.45) is 2.44. The Bertz CT molecular complexity index is 394. The molecular formula is C13H22N2O2S. The fourth-order valence-corrected chi connectivity index (χ4v) is 3.61. The molecule has 0 aromatic carbocycles. The van der Waals surface area contributed by atoms with Crippen LogP contribution in [0, 0.1) is 5.92 Å². The number of piperidine rings is 1. The molecule has 102 valence electrons. The lowest BCUT2D eigenvalue weighted by atomic mass is 9.94. The molecule has 0 aliphatic carbocycles. The minimum absolute atomic E-state index is 0.0506. The molecule has 0 radical (unpaired) electrons. The van der Waals surface area contributed by atoms with E-state index in [0.717, 1.165) is 28.2 Å². The Balaban J connectivity index is 2.17. The van der Waals surface area contributed by atoms with Crippen LogP contribution in [0.4, 0.5) is 5.13 Å². The second kappa shape index (κ2) is 5.99. The number of rotatable bonds is 4. The summed E-state index contributed by atoms with van der Waals surface area (Å²) in [6.45, 7) is 6.16. The average Bonchev–Trinajstić information content (AvgIpc) is 2.72. The topological polar surface area (TPSA) is 45.6 Å². The first-order valence-corrected chi connectivity index (χ1v) is 7.32. The summed E-state index contributed by atoms with van der Waals surface area (Å²) in [5.74, 6) is 0.798. The first-order valence-electron chi connectivity index (χ1n) is 6.50. The third kappa shape index (κ3) is 2.84. The van der Waals surface area contributed by atoms with Crippen molar-refractivity contribution in [1.82, 2.24) is 4.98 Å². The van der Waals surface area contributed by atoms with E-state index < -0.39 is 0 Å².